The van der Waals surface area contributed by atoms with E-state index in [9.17, 15) is 9.59 Å². The summed E-state index contributed by atoms with van der Waals surface area (Å²) in [6, 6.07) is 1.64. The van der Waals surface area contributed by atoms with E-state index in [4.69, 9.17) is 4.74 Å². The SMILES string of the molecule is CC(C)N1CCC(Nc2nccc3c2C(=O)OC3(C)C)C1=O. The van der Waals surface area contributed by atoms with Crippen molar-refractivity contribution in [1.29, 1.82) is 0 Å². The number of nitrogens with one attached hydrogen (secondary N) is 1. The molecule has 1 fully saturated rings. The Hall–Kier alpha value is -2.11. The fourth-order valence-electron chi connectivity index (χ4n) is 3.13. The molecular weight excluding hydrogens is 282 g/mol. The van der Waals surface area contributed by atoms with Gasteiger partial charge in [-0.3, -0.25) is 4.79 Å². The first-order valence-electron chi connectivity index (χ1n) is 7.61. The number of carbonyl (C=O) groups is 2. The zero-order valence-corrected chi connectivity index (χ0v) is 13.3. The number of esters is 1. The molecule has 1 unspecified atom stereocenters. The van der Waals surface area contributed by atoms with E-state index in [-0.39, 0.29) is 24.0 Å². The van der Waals surface area contributed by atoms with E-state index < -0.39 is 5.60 Å². The Labute approximate surface area is 129 Å². The van der Waals surface area contributed by atoms with Gasteiger partial charge in [0.25, 0.3) is 0 Å². The normalized spacial score (nSPS) is 23.0. The van der Waals surface area contributed by atoms with E-state index >= 15 is 0 Å². The summed E-state index contributed by atoms with van der Waals surface area (Å²) in [5.74, 6) is 0.110. The molecule has 3 heterocycles. The van der Waals surface area contributed by atoms with E-state index in [1.807, 2.05) is 32.6 Å². The van der Waals surface area contributed by atoms with Crippen molar-refractivity contribution in [1.82, 2.24) is 9.88 Å². The highest BCUT2D eigenvalue weighted by molar-refractivity contribution is 6.00. The third-order valence-electron chi connectivity index (χ3n) is 4.33. The van der Waals surface area contributed by atoms with Crippen LogP contribution in [0, 0.1) is 0 Å². The maximum atomic E-state index is 12.4. The lowest BCUT2D eigenvalue weighted by Gasteiger charge is -2.21. The van der Waals surface area contributed by atoms with Gasteiger partial charge in [0.1, 0.15) is 23.0 Å². The Bertz CT molecular complexity index is 640. The minimum atomic E-state index is -0.657. The van der Waals surface area contributed by atoms with Gasteiger partial charge >= 0.3 is 5.97 Å². The fourth-order valence-corrected chi connectivity index (χ4v) is 3.13. The number of pyridine rings is 1. The Balaban J connectivity index is 1.88. The molecule has 1 aromatic heterocycles. The first kappa shape index (κ1) is 14.8. The van der Waals surface area contributed by atoms with Crippen LogP contribution in [-0.2, 0) is 15.1 Å². The zero-order chi connectivity index (χ0) is 16.1. The number of aromatic nitrogens is 1. The van der Waals surface area contributed by atoms with Gasteiger partial charge in [0.05, 0.1) is 0 Å². The molecule has 6 nitrogen and oxygen atoms in total. The lowest BCUT2D eigenvalue weighted by atomic mass is 9.97. The number of likely N-dealkylation sites (tertiary alicyclic amines) is 1. The number of amides is 1. The highest BCUT2D eigenvalue weighted by atomic mass is 16.6. The number of hydrogen-bond acceptors (Lipinski definition) is 5. The molecule has 0 aliphatic carbocycles. The first-order valence-corrected chi connectivity index (χ1v) is 7.61. The number of carbonyl (C=O) groups excluding carboxylic acids is 2. The van der Waals surface area contributed by atoms with Gasteiger partial charge in [-0.05, 0) is 40.2 Å². The average molecular weight is 303 g/mol. The quantitative estimate of drug-likeness (QED) is 0.864. The van der Waals surface area contributed by atoms with Crippen molar-refractivity contribution in [3.8, 4) is 0 Å². The second kappa shape index (κ2) is 4.97. The number of cyclic esters (lactones) is 1. The fraction of sp³-hybridized carbons (Fsp3) is 0.562. The molecule has 118 valence electrons. The van der Waals surface area contributed by atoms with Crippen molar-refractivity contribution in [2.24, 2.45) is 0 Å². The van der Waals surface area contributed by atoms with Crippen LogP contribution >= 0.6 is 0 Å². The standard InChI is InChI=1S/C16H21N3O3/c1-9(2)19-8-6-11(14(19)20)18-13-12-10(5-7-17-13)16(3,4)22-15(12)21/h5,7,9,11H,6,8H2,1-4H3,(H,17,18). The van der Waals surface area contributed by atoms with Gasteiger partial charge in [-0.25, -0.2) is 9.78 Å². The van der Waals surface area contributed by atoms with E-state index in [2.05, 4.69) is 10.3 Å². The summed E-state index contributed by atoms with van der Waals surface area (Å²) < 4.78 is 5.40. The Morgan fingerprint density at radius 2 is 2.14 bits per heavy atom. The molecule has 22 heavy (non-hydrogen) atoms. The molecule has 0 spiro atoms. The second-order valence-electron chi connectivity index (χ2n) is 6.59. The van der Waals surface area contributed by atoms with Gasteiger partial charge in [0.2, 0.25) is 5.91 Å². The highest BCUT2D eigenvalue weighted by Gasteiger charge is 2.41. The van der Waals surface area contributed by atoms with E-state index in [1.54, 1.807) is 12.3 Å². The van der Waals surface area contributed by atoms with Crippen LogP contribution in [0.2, 0.25) is 0 Å². The predicted molar refractivity (Wildman–Crippen MR) is 81.6 cm³/mol. The molecule has 0 radical (unpaired) electrons. The van der Waals surface area contributed by atoms with E-state index in [1.165, 1.54) is 0 Å². The van der Waals surface area contributed by atoms with Crippen molar-refractivity contribution in [2.45, 2.75) is 51.8 Å². The van der Waals surface area contributed by atoms with Crippen LogP contribution in [0.4, 0.5) is 5.82 Å². The van der Waals surface area contributed by atoms with Crippen LogP contribution in [0.25, 0.3) is 0 Å². The molecule has 1 amide bonds. The number of fused-ring (bicyclic) bond motifs is 1. The molecule has 0 bridgehead atoms. The second-order valence-corrected chi connectivity index (χ2v) is 6.59. The van der Waals surface area contributed by atoms with Crippen LogP contribution in [-0.4, -0.2) is 40.4 Å². The molecule has 0 saturated carbocycles. The van der Waals surface area contributed by atoms with Crippen LogP contribution in [0.15, 0.2) is 12.3 Å². The summed E-state index contributed by atoms with van der Waals surface area (Å²) in [4.78, 5) is 30.6. The van der Waals surface area contributed by atoms with E-state index in [0.717, 1.165) is 12.1 Å². The van der Waals surface area contributed by atoms with Crippen molar-refractivity contribution in [3.05, 3.63) is 23.4 Å². The summed E-state index contributed by atoms with van der Waals surface area (Å²) in [5.41, 5.74) is 0.597. The van der Waals surface area contributed by atoms with Crippen LogP contribution < -0.4 is 5.32 Å². The minimum Gasteiger partial charge on any atom is -0.451 e. The third-order valence-corrected chi connectivity index (χ3v) is 4.33. The Kier molecular flexibility index (Phi) is 3.34. The smallest absolute Gasteiger partial charge is 0.343 e. The molecule has 2 aliphatic heterocycles. The number of ether oxygens (including phenoxy) is 1. The van der Waals surface area contributed by atoms with Crippen molar-refractivity contribution in [3.63, 3.8) is 0 Å². The monoisotopic (exact) mass is 303 g/mol. The number of anilines is 1. The molecular formula is C16H21N3O3. The summed E-state index contributed by atoms with van der Waals surface area (Å²) in [6.07, 6.45) is 2.35. The molecule has 3 rings (SSSR count). The highest BCUT2D eigenvalue weighted by Crippen LogP contribution is 2.38. The van der Waals surface area contributed by atoms with Gasteiger partial charge in [-0.1, -0.05) is 0 Å². The van der Waals surface area contributed by atoms with Crippen molar-refractivity contribution in [2.75, 3.05) is 11.9 Å². The molecule has 0 aromatic carbocycles. The topological polar surface area (TPSA) is 71.5 Å². The van der Waals surface area contributed by atoms with Gasteiger partial charge in [0.15, 0.2) is 0 Å². The van der Waals surface area contributed by atoms with Gasteiger partial charge < -0.3 is 15.0 Å². The van der Waals surface area contributed by atoms with E-state index in [0.29, 0.717) is 17.8 Å². The summed E-state index contributed by atoms with van der Waals surface area (Å²) in [5, 5.41) is 3.14. The van der Waals surface area contributed by atoms with Gasteiger partial charge in [-0.2, -0.15) is 0 Å². The molecule has 1 aromatic rings. The first-order chi connectivity index (χ1) is 10.3. The zero-order valence-electron chi connectivity index (χ0n) is 13.3. The summed E-state index contributed by atoms with van der Waals surface area (Å²) in [6.45, 7) is 8.42. The largest absolute Gasteiger partial charge is 0.451 e. The maximum absolute atomic E-state index is 12.4. The molecule has 1 saturated heterocycles. The predicted octanol–water partition coefficient (Wildman–Crippen LogP) is 1.91. The Morgan fingerprint density at radius 1 is 1.41 bits per heavy atom. The number of rotatable bonds is 3. The van der Waals surface area contributed by atoms with Crippen molar-refractivity contribution < 1.29 is 14.3 Å². The summed E-state index contributed by atoms with van der Waals surface area (Å²) in [7, 11) is 0. The average Bonchev–Trinajstić information content (AvgIpc) is 2.90. The van der Waals surface area contributed by atoms with Gasteiger partial charge in [-0.15, -0.1) is 0 Å². The molecule has 1 N–H and O–H groups in total. The molecule has 2 aliphatic rings. The van der Waals surface area contributed by atoms with Crippen LogP contribution in [0.1, 0.15) is 50.0 Å². The minimum absolute atomic E-state index is 0.0556. The van der Waals surface area contributed by atoms with Crippen molar-refractivity contribution >= 4 is 17.7 Å². The Morgan fingerprint density at radius 3 is 2.77 bits per heavy atom. The molecule has 1 atom stereocenters. The number of nitrogens with zero attached hydrogens (tertiary/aromatic N) is 2. The maximum Gasteiger partial charge on any atom is 0.343 e. The third kappa shape index (κ3) is 2.23. The van der Waals surface area contributed by atoms with Gasteiger partial charge in [0, 0.05) is 24.3 Å². The molecule has 6 heteroatoms. The number of hydrogen-bond donors (Lipinski definition) is 1. The lowest BCUT2D eigenvalue weighted by molar-refractivity contribution is -0.129. The lowest BCUT2D eigenvalue weighted by Crippen LogP contribution is -2.37. The van der Waals surface area contributed by atoms with Crippen LogP contribution in [0.5, 0.6) is 0 Å². The summed E-state index contributed by atoms with van der Waals surface area (Å²) >= 11 is 0. The van der Waals surface area contributed by atoms with Crippen LogP contribution in [0.3, 0.4) is 0 Å².